The molecule has 1 atom stereocenters. The van der Waals surface area contributed by atoms with Crippen LogP contribution in [0, 0.1) is 21.7 Å². The van der Waals surface area contributed by atoms with E-state index in [2.05, 4.69) is 10.1 Å². The van der Waals surface area contributed by atoms with Crippen molar-refractivity contribution < 1.29 is 18.5 Å². The largest absolute Gasteiger partial charge is 0.490 e. The summed E-state index contributed by atoms with van der Waals surface area (Å²) in [5.74, 6) is -3.42. The molecule has 0 amide bonds. The number of aromatic nitrogens is 3. The van der Waals surface area contributed by atoms with E-state index in [9.17, 15) is 23.7 Å². The monoisotopic (exact) mass is 282 g/mol. The highest BCUT2D eigenvalue weighted by Crippen LogP contribution is 2.16. The van der Waals surface area contributed by atoms with Crippen molar-refractivity contribution in [1.29, 1.82) is 0 Å². The van der Waals surface area contributed by atoms with Gasteiger partial charge in [0.25, 0.3) is 0 Å². The third-order valence-corrected chi connectivity index (χ3v) is 2.64. The van der Waals surface area contributed by atoms with Crippen molar-refractivity contribution in [3.63, 3.8) is 0 Å². The van der Waals surface area contributed by atoms with Crippen LogP contribution in [0.1, 0.15) is 23.3 Å². The number of hydrogen-bond donors (Lipinski definition) is 0. The Hall–Kier alpha value is -2.71. The number of nitrogens with zero attached hydrogens (tertiary/aromatic N) is 4. The van der Waals surface area contributed by atoms with Crippen molar-refractivity contribution in [3.8, 4) is 0 Å². The molecule has 0 N–H and O–H groups in total. The second kappa shape index (κ2) is 5.11. The van der Waals surface area contributed by atoms with Crippen LogP contribution >= 0.6 is 0 Å². The van der Waals surface area contributed by atoms with Gasteiger partial charge in [-0.05, 0) is 30.0 Å². The number of ketones is 1. The van der Waals surface area contributed by atoms with E-state index in [1.165, 1.54) is 6.92 Å². The van der Waals surface area contributed by atoms with E-state index in [-0.39, 0.29) is 5.56 Å². The van der Waals surface area contributed by atoms with Gasteiger partial charge in [0.05, 0.1) is 0 Å². The molecule has 2 aromatic rings. The van der Waals surface area contributed by atoms with E-state index >= 15 is 0 Å². The summed E-state index contributed by atoms with van der Waals surface area (Å²) >= 11 is 0. The zero-order chi connectivity index (χ0) is 14.9. The zero-order valence-electron chi connectivity index (χ0n) is 10.2. The Morgan fingerprint density at radius 2 is 2.10 bits per heavy atom. The smallest absolute Gasteiger partial charge is 0.390 e. The molecule has 0 saturated heterocycles. The van der Waals surface area contributed by atoms with Gasteiger partial charge < -0.3 is 10.1 Å². The highest BCUT2D eigenvalue weighted by Gasteiger charge is 2.24. The molecule has 0 bridgehead atoms. The van der Waals surface area contributed by atoms with Crippen molar-refractivity contribution >= 4 is 11.7 Å². The summed E-state index contributed by atoms with van der Waals surface area (Å²) in [5, 5.41) is 14.0. The van der Waals surface area contributed by atoms with Gasteiger partial charge in [0.15, 0.2) is 17.4 Å². The Kier molecular flexibility index (Phi) is 3.51. The molecule has 1 unspecified atom stereocenters. The number of rotatable bonds is 4. The summed E-state index contributed by atoms with van der Waals surface area (Å²) in [6.45, 7) is 1.42. The van der Waals surface area contributed by atoms with E-state index in [0.29, 0.717) is 0 Å². The van der Waals surface area contributed by atoms with Gasteiger partial charge in [-0.1, -0.05) is 4.98 Å². The Balaban J connectivity index is 2.27. The van der Waals surface area contributed by atoms with Gasteiger partial charge >= 0.3 is 5.95 Å². The lowest BCUT2D eigenvalue weighted by Crippen LogP contribution is -2.17. The van der Waals surface area contributed by atoms with Crippen molar-refractivity contribution in [2.45, 2.75) is 13.0 Å². The average molecular weight is 282 g/mol. The van der Waals surface area contributed by atoms with Gasteiger partial charge in [-0.3, -0.25) is 4.79 Å². The molecule has 104 valence electrons. The molecule has 0 radical (unpaired) electrons. The molecular weight excluding hydrogens is 274 g/mol. The maximum Gasteiger partial charge on any atom is 0.490 e. The quantitative estimate of drug-likeness (QED) is 0.485. The molecule has 2 rings (SSSR count). The summed E-state index contributed by atoms with van der Waals surface area (Å²) in [6, 6.07) is 1.79. The van der Waals surface area contributed by atoms with Gasteiger partial charge in [-0.15, -0.1) is 0 Å². The maximum atomic E-state index is 13.1. The molecule has 0 aliphatic heterocycles. The lowest BCUT2D eigenvalue weighted by atomic mass is 10.1. The fourth-order valence-corrected chi connectivity index (χ4v) is 1.55. The van der Waals surface area contributed by atoms with Crippen LogP contribution in [0.25, 0.3) is 0 Å². The fourth-order valence-electron chi connectivity index (χ4n) is 1.55. The number of nitro groups is 1. The van der Waals surface area contributed by atoms with E-state index < -0.39 is 34.3 Å². The van der Waals surface area contributed by atoms with Crippen LogP contribution in [0.2, 0.25) is 0 Å². The van der Waals surface area contributed by atoms with Crippen LogP contribution in [0.3, 0.4) is 0 Å². The van der Waals surface area contributed by atoms with Gasteiger partial charge in [0.2, 0.25) is 6.33 Å². The van der Waals surface area contributed by atoms with Crippen LogP contribution in [0.4, 0.5) is 14.7 Å². The van der Waals surface area contributed by atoms with Crippen molar-refractivity contribution in [3.05, 3.63) is 51.8 Å². The zero-order valence-corrected chi connectivity index (χ0v) is 10.2. The first-order valence-corrected chi connectivity index (χ1v) is 5.45. The lowest BCUT2D eigenvalue weighted by molar-refractivity contribution is -0.394. The number of halogens is 2. The number of Topliss-reactive ketones (excluding diaryl/α,β-unsaturated/α-hetero) is 1. The van der Waals surface area contributed by atoms with Crippen LogP contribution in [-0.4, -0.2) is 25.5 Å². The Labute approximate surface area is 111 Å². The predicted molar refractivity (Wildman–Crippen MR) is 62.1 cm³/mol. The molecule has 0 aliphatic carbocycles. The standard InChI is InChI=1S/C11H8F2N4O3/c1-6(16-5-14-11(15-16)17(19)20)10(18)7-2-3-8(12)9(13)4-7/h2-6H,1H3. The number of benzene rings is 1. The Bertz CT molecular complexity index is 686. The van der Waals surface area contributed by atoms with E-state index in [4.69, 9.17) is 0 Å². The minimum absolute atomic E-state index is 0.0606. The van der Waals surface area contributed by atoms with Crippen molar-refractivity contribution in [1.82, 2.24) is 14.8 Å². The second-order valence-corrected chi connectivity index (χ2v) is 3.95. The first kappa shape index (κ1) is 13.7. The van der Waals surface area contributed by atoms with Gasteiger partial charge in [-0.25, -0.2) is 8.78 Å². The first-order chi connectivity index (χ1) is 9.40. The molecule has 1 aromatic heterocycles. The first-order valence-electron chi connectivity index (χ1n) is 5.45. The number of hydrogen-bond acceptors (Lipinski definition) is 5. The third kappa shape index (κ3) is 2.51. The molecule has 7 nitrogen and oxygen atoms in total. The van der Waals surface area contributed by atoms with E-state index in [1.807, 2.05) is 0 Å². The van der Waals surface area contributed by atoms with Crippen molar-refractivity contribution in [2.75, 3.05) is 0 Å². The number of carbonyl (C=O) groups excluding carboxylic acids is 1. The minimum atomic E-state index is -1.15. The summed E-state index contributed by atoms with van der Waals surface area (Å²) in [7, 11) is 0. The van der Waals surface area contributed by atoms with Crippen molar-refractivity contribution in [2.24, 2.45) is 0 Å². The van der Waals surface area contributed by atoms with Crippen LogP contribution in [0.5, 0.6) is 0 Å². The van der Waals surface area contributed by atoms with Gasteiger partial charge in [0.1, 0.15) is 6.04 Å². The Morgan fingerprint density at radius 3 is 2.65 bits per heavy atom. The van der Waals surface area contributed by atoms with Gasteiger partial charge in [0, 0.05) is 10.7 Å². The highest BCUT2D eigenvalue weighted by molar-refractivity contribution is 5.98. The minimum Gasteiger partial charge on any atom is -0.390 e. The molecule has 9 heteroatoms. The molecule has 1 aromatic carbocycles. The van der Waals surface area contributed by atoms with E-state index in [1.54, 1.807) is 0 Å². The normalized spacial score (nSPS) is 12.2. The lowest BCUT2D eigenvalue weighted by Gasteiger charge is -2.07. The average Bonchev–Trinajstić information content (AvgIpc) is 2.90. The highest BCUT2D eigenvalue weighted by atomic mass is 19.2. The molecule has 0 spiro atoms. The molecule has 0 saturated carbocycles. The van der Waals surface area contributed by atoms with Crippen LogP contribution < -0.4 is 0 Å². The third-order valence-electron chi connectivity index (χ3n) is 2.64. The van der Waals surface area contributed by atoms with Crippen LogP contribution in [-0.2, 0) is 0 Å². The topological polar surface area (TPSA) is 90.9 Å². The second-order valence-electron chi connectivity index (χ2n) is 3.95. The SMILES string of the molecule is CC(C(=O)c1ccc(F)c(F)c1)n1cnc([N+](=O)[O-])n1. The summed E-state index contributed by atoms with van der Waals surface area (Å²) in [4.78, 5) is 25.1. The summed E-state index contributed by atoms with van der Waals surface area (Å²) in [6.07, 6.45) is 1.03. The van der Waals surface area contributed by atoms with E-state index in [0.717, 1.165) is 29.2 Å². The molecule has 1 heterocycles. The van der Waals surface area contributed by atoms with Gasteiger partial charge in [-0.2, -0.15) is 4.68 Å². The molecular formula is C11H8F2N4O3. The summed E-state index contributed by atoms with van der Waals surface area (Å²) < 4.78 is 26.8. The molecule has 20 heavy (non-hydrogen) atoms. The Morgan fingerprint density at radius 1 is 1.40 bits per heavy atom. The summed E-state index contributed by atoms with van der Waals surface area (Å²) in [5.41, 5.74) is -0.0606. The van der Waals surface area contributed by atoms with Crippen LogP contribution in [0.15, 0.2) is 24.5 Å². The molecule has 0 aliphatic rings. The predicted octanol–water partition coefficient (Wildman–Crippen LogP) is 1.91. The number of carbonyl (C=O) groups is 1. The maximum absolute atomic E-state index is 13.1. The molecule has 0 fully saturated rings. The fraction of sp³-hybridized carbons (Fsp3) is 0.182.